The second kappa shape index (κ2) is 9.78. The number of thiazole rings is 1. The van der Waals surface area contributed by atoms with Gasteiger partial charge in [-0.15, -0.1) is 11.3 Å². The average Bonchev–Trinajstić information content (AvgIpc) is 3.49. The number of hydrogen-bond acceptors (Lipinski definition) is 6. The van der Waals surface area contributed by atoms with Crippen molar-refractivity contribution >= 4 is 44.9 Å². The van der Waals surface area contributed by atoms with E-state index >= 15 is 0 Å². The van der Waals surface area contributed by atoms with Crippen LogP contribution in [0.4, 0.5) is 5.13 Å². The van der Waals surface area contributed by atoms with Gasteiger partial charge >= 0.3 is 0 Å². The largest absolute Gasteiger partial charge is 0.381 e. The molecule has 4 heterocycles. The number of piperidine rings is 1. The third kappa shape index (κ3) is 5.10. The molecule has 39 heavy (non-hydrogen) atoms. The SMILES string of the molecule is C=C1NCC2(CCC2)n2c1cc1ccc(C(=O)Nc3nc(C(=O)NC4CCN(CC(C)(C)C)CC4)cs3)cc12. The summed E-state index contributed by atoms with van der Waals surface area (Å²) in [5.41, 5.74) is 4.35. The molecule has 2 amide bonds. The Morgan fingerprint density at radius 3 is 2.64 bits per heavy atom. The van der Waals surface area contributed by atoms with Gasteiger partial charge in [0.1, 0.15) is 5.69 Å². The van der Waals surface area contributed by atoms with E-state index in [-0.39, 0.29) is 28.8 Å². The van der Waals surface area contributed by atoms with Gasteiger partial charge < -0.3 is 20.1 Å². The summed E-state index contributed by atoms with van der Waals surface area (Å²) in [5, 5.41) is 12.8. The maximum atomic E-state index is 13.2. The van der Waals surface area contributed by atoms with Crippen molar-refractivity contribution in [3.8, 4) is 0 Å². The molecular formula is C30H38N6O2S. The Bertz CT molecular complexity index is 1440. The van der Waals surface area contributed by atoms with Gasteiger partial charge in [0, 0.05) is 54.1 Å². The van der Waals surface area contributed by atoms with E-state index < -0.39 is 0 Å². The van der Waals surface area contributed by atoms with Crippen molar-refractivity contribution in [2.45, 2.75) is 64.5 Å². The zero-order valence-corrected chi connectivity index (χ0v) is 23.9. The minimum Gasteiger partial charge on any atom is -0.381 e. The Morgan fingerprint density at radius 2 is 1.95 bits per heavy atom. The number of carbonyl (C=O) groups excluding carboxylic acids is 2. The van der Waals surface area contributed by atoms with E-state index in [4.69, 9.17) is 0 Å². The van der Waals surface area contributed by atoms with E-state index in [1.807, 2.05) is 18.2 Å². The quantitative estimate of drug-likeness (QED) is 0.417. The van der Waals surface area contributed by atoms with Crippen LogP contribution in [0.1, 0.15) is 79.4 Å². The molecule has 0 radical (unpaired) electrons. The summed E-state index contributed by atoms with van der Waals surface area (Å²) < 4.78 is 2.39. The molecule has 1 saturated carbocycles. The maximum absolute atomic E-state index is 13.2. The number of nitrogens with zero attached hydrogens (tertiary/aromatic N) is 3. The van der Waals surface area contributed by atoms with E-state index in [2.05, 4.69) is 63.8 Å². The van der Waals surface area contributed by atoms with Crippen LogP contribution in [0, 0.1) is 5.41 Å². The smallest absolute Gasteiger partial charge is 0.271 e. The Hall–Kier alpha value is -3.17. The number of hydrogen-bond donors (Lipinski definition) is 3. The van der Waals surface area contributed by atoms with E-state index in [0.717, 1.165) is 74.2 Å². The summed E-state index contributed by atoms with van der Waals surface area (Å²) in [4.78, 5) is 32.9. The number of carbonyl (C=O) groups is 2. The molecule has 3 aromatic rings. The molecule has 2 fully saturated rings. The lowest BCUT2D eigenvalue weighted by Gasteiger charge is -2.48. The second-order valence-electron chi connectivity index (χ2n) is 12.6. The van der Waals surface area contributed by atoms with Gasteiger partial charge in [-0.2, -0.15) is 0 Å². The highest BCUT2D eigenvalue weighted by atomic mass is 32.1. The fourth-order valence-electron chi connectivity index (χ4n) is 6.27. The summed E-state index contributed by atoms with van der Waals surface area (Å²) in [6.07, 6.45) is 5.34. The van der Waals surface area contributed by atoms with E-state index in [1.165, 1.54) is 17.8 Å². The van der Waals surface area contributed by atoms with Crippen molar-refractivity contribution in [1.29, 1.82) is 0 Å². The second-order valence-corrected chi connectivity index (χ2v) is 13.5. The monoisotopic (exact) mass is 546 g/mol. The number of benzene rings is 1. The van der Waals surface area contributed by atoms with Crippen LogP contribution in [0.25, 0.3) is 16.6 Å². The molecule has 0 unspecified atom stereocenters. The number of fused-ring (bicyclic) bond motifs is 4. The number of nitrogens with one attached hydrogen (secondary N) is 3. The molecule has 0 atom stereocenters. The van der Waals surface area contributed by atoms with E-state index in [0.29, 0.717) is 16.4 Å². The number of amides is 2. The molecule has 3 aliphatic rings. The minimum absolute atomic E-state index is 0.0636. The third-order valence-corrected chi connectivity index (χ3v) is 9.10. The lowest BCUT2D eigenvalue weighted by atomic mass is 9.75. The first-order chi connectivity index (χ1) is 18.6. The summed E-state index contributed by atoms with van der Waals surface area (Å²) in [6, 6.07) is 8.13. The van der Waals surface area contributed by atoms with Crippen molar-refractivity contribution in [2.24, 2.45) is 5.41 Å². The molecule has 206 valence electrons. The Kier molecular flexibility index (Phi) is 6.54. The van der Waals surface area contributed by atoms with Crippen molar-refractivity contribution in [2.75, 3.05) is 31.5 Å². The predicted octanol–water partition coefficient (Wildman–Crippen LogP) is 5.04. The van der Waals surface area contributed by atoms with Crippen molar-refractivity contribution in [1.82, 2.24) is 25.1 Å². The van der Waals surface area contributed by atoms with Gasteiger partial charge in [-0.05, 0) is 55.7 Å². The van der Waals surface area contributed by atoms with E-state index in [9.17, 15) is 9.59 Å². The highest BCUT2D eigenvalue weighted by molar-refractivity contribution is 7.14. The van der Waals surface area contributed by atoms with Crippen LogP contribution in [0.15, 0.2) is 36.2 Å². The van der Waals surface area contributed by atoms with Crippen LogP contribution in [0.3, 0.4) is 0 Å². The highest BCUT2D eigenvalue weighted by Crippen LogP contribution is 2.45. The first kappa shape index (κ1) is 26.1. The summed E-state index contributed by atoms with van der Waals surface area (Å²) in [5.74, 6) is -0.405. The molecule has 1 aromatic carbocycles. The maximum Gasteiger partial charge on any atom is 0.271 e. The van der Waals surface area contributed by atoms with Crippen LogP contribution >= 0.6 is 11.3 Å². The topological polar surface area (TPSA) is 91.3 Å². The normalized spacial score (nSPS) is 19.4. The molecule has 9 heteroatoms. The average molecular weight is 547 g/mol. The minimum atomic E-state index is -0.226. The molecule has 6 rings (SSSR count). The number of rotatable bonds is 5. The predicted molar refractivity (Wildman–Crippen MR) is 157 cm³/mol. The number of anilines is 1. The van der Waals surface area contributed by atoms with Gasteiger partial charge in [-0.25, -0.2) is 4.98 Å². The van der Waals surface area contributed by atoms with Crippen LogP contribution in [-0.2, 0) is 5.54 Å². The fraction of sp³-hybridized carbons (Fsp3) is 0.500. The van der Waals surface area contributed by atoms with Crippen molar-refractivity contribution < 1.29 is 9.59 Å². The number of likely N-dealkylation sites (tertiary alicyclic amines) is 1. The van der Waals surface area contributed by atoms with Gasteiger partial charge in [0.15, 0.2) is 5.13 Å². The van der Waals surface area contributed by atoms with Gasteiger partial charge in [0.2, 0.25) is 0 Å². The van der Waals surface area contributed by atoms with Gasteiger partial charge in [-0.3, -0.25) is 14.9 Å². The molecule has 2 aliphatic heterocycles. The molecular weight excluding hydrogens is 508 g/mol. The van der Waals surface area contributed by atoms with Gasteiger partial charge in [0.25, 0.3) is 11.8 Å². The first-order valence-electron chi connectivity index (χ1n) is 14.0. The van der Waals surface area contributed by atoms with Crippen molar-refractivity contribution in [3.63, 3.8) is 0 Å². The zero-order chi connectivity index (χ0) is 27.4. The first-order valence-corrected chi connectivity index (χ1v) is 14.9. The molecule has 1 saturated heterocycles. The lowest BCUT2D eigenvalue weighted by Crippen LogP contribution is -2.52. The third-order valence-electron chi connectivity index (χ3n) is 8.34. The lowest BCUT2D eigenvalue weighted by molar-refractivity contribution is 0.0890. The Morgan fingerprint density at radius 1 is 1.18 bits per heavy atom. The van der Waals surface area contributed by atoms with Gasteiger partial charge in [0.05, 0.1) is 16.9 Å². The highest BCUT2D eigenvalue weighted by Gasteiger charge is 2.43. The standard InChI is InChI=1S/C30H38N6O2S/c1-19-24-14-20-6-7-21(15-25(20)36(24)30(17-31-19)10-5-11-30)26(37)34-28-33-23(16-39-28)27(38)32-22-8-12-35(13-9-22)18-29(2,3)4/h6-7,14-16,22,31H,1,5,8-13,17-18H2,2-4H3,(H,32,38)(H,33,34,37). The molecule has 2 aromatic heterocycles. The summed E-state index contributed by atoms with van der Waals surface area (Å²) >= 11 is 1.27. The molecule has 0 bridgehead atoms. The Labute approximate surface area is 233 Å². The van der Waals surface area contributed by atoms with Crippen LogP contribution in [0.2, 0.25) is 0 Å². The van der Waals surface area contributed by atoms with Crippen molar-refractivity contribution in [3.05, 3.63) is 53.2 Å². The summed E-state index contributed by atoms with van der Waals surface area (Å²) in [6.45, 7) is 14.9. The Balaban J connectivity index is 1.11. The van der Waals surface area contributed by atoms with E-state index in [1.54, 1.807) is 5.38 Å². The van der Waals surface area contributed by atoms with Crippen LogP contribution in [-0.4, -0.2) is 58.5 Å². The van der Waals surface area contributed by atoms with Crippen LogP contribution in [0.5, 0.6) is 0 Å². The zero-order valence-electron chi connectivity index (χ0n) is 23.1. The number of aromatic nitrogens is 2. The molecule has 1 aliphatic carbocycles. The molecule has 8 nitrogen and oxygen atoms in total. The van der Waals surface area contributed by atoms with Gasteiger partial charge in [-0.1, -0.05) is 33.4 Å². The fourth-order valence-corrected chi connectivity index (χ4v) is 6.96. The summed E-state index contributed by atoms with van der Waals surface area (Å²) in [7, 11) is 0. The molecule has 1 spiro atoms. The molecule has 3 N–H and O–H groups in total. The van der Waals surface area contributed by atoms with Crippen LogP contribution < -0.4 is 16.0 Å².